The van der Waals surface area contributed by atoms with Crippen LogP contribution in [0.1, 0.15) is 32.6 Å². The molecule has 7 heteroatoms. The first-order chi connectivity index (χ1) is 14.0. The van der Waals surface area contributed by atoms with Crippen LogP contribution in [0.5, 0.6) is 5.75 Å². The molecule has 1 aromatic rings. The van der Waals surface area contributed by atoms with E-state index in [9.17, 15) is 9.59 Å². The van der Waals surface area contributed by atoms with Gasteiger partial charge in [-0.15, -0.1) is 0 Å². The molecule has 0 N–H and O–H groups in total. The highest BCUT2D eigenvalue weighted by Gasteiger charge is 2.16. The highest BCUT2D eigenvalue weighted by Crippen LogP contribution is 2.10. The molecule has 0 aliphatic heterocycles. The number of para-hydroxylation sites is 1. The third-order valence-corrected chi connectivity index (χ3v) is 3.77. The number of methoxy groups -OCH3 is 1. The Balaban J connectivity index is 2.37. The van der Waals surface area contributed by atoms with Crippen molar-refractivity contribution < 1.29 is 33.3 Å². The maximum atomic E-state index is 12.1. The van der Waals surface area contributed by atoms with Crippen LogP contribution in [0.3, 0.4) is 0 Å². The van der Waals surface area contributed by atoms with Gasteiger partial charge in [-0.2, -0.15) is 0 Å². The molecular formula is C22H32O7. The maximum Gasteiger partial charge on any atom is 0.333 e. The van der Waals surface area contributed by atoms with E-state index in [0.717, 1.165) is 12.8 Å². The number of esters is 2. The van der Waals surface area contributed by atoms with Crippen molar-refractivity contribution in [1.82, 2.24) is 0 Å². The molecule has 7 nitrogen and oxygen atoms in total. The van der Waals surface area contributed by atoms with E-state index in [1.54, 1.807) is 14.0 Å². The van der Waals surface area contributed by atoms with Gasteiger partial charge in [0.1, 0.15) is 12.4 Å². The summed E-state index contributed by atoms with van der Waals surface area (Å²) in [5.74, 6) is -0.157. The smallest absolute Gasteiger partial charge is 0.333 e. The van der Waals surface area contributed by atoms with Crippen molar-refractivity contribution in [2.75, 3.05) is 40.1 Å². The summed E-state index contributed by atoms with van der Waals surface area (Å²) in [5, 5.41) is 0. The van der Waals surface area contributed by atoms with E-state index in [0.29, 0.717) is 31.0 Å². The van der Waals surface area contributed by atoms with Crippen LogP contribution in [-0.4, -0.2) is 58.2 Å². The summed E-state index contributed by atoms with van der Waals surface area (Å²) >= 11 is 0. The zero-order chi connectivity index (χ0) is 21.3. The molecule has 162 valence electrons. The monoisotopic (exact) mass is 408 g/mol. The highest BCUT2D eigenvalue weighted by molar-refractivity contribution is 5.86. The Kier molecular flexibility index (Phi) is 13.2. The summed E-state index contributed by atoms with van der Waals surface area (Å²) in [6.07, 6.45) is 1.76. The van der Waals surface area contributed by atoms with Crippen LogP contribution in [0.25, 0.3) is 0 Å². The van der Waals surface area contributed by atoms with Crippen LogP contribution in [0, 0.1) is 0 Å². The minimum atomic E-state index is -0.525. The van der Waals surface area contributed by atoms with Crippen LogP contribution in [-0.2, 0) is 28.5 Å². The van der Waals surface area contributed by atoms with Gasteiger partial charge in [-0.1, -0.05) is 24.8 Å². The third-order valence-electron chi connectivity index (χ3n) is 3.77. The standard InChI is InChI=1S/C22H32O7/c1-18(2)22(24)27-15-9-12-21(23)29-20(16-26-14-8-7-13-25-3)17-28-19-10-5-4-6-11-19/h4-6,10-11,20H,1,7-9,12-17H2,2-3H3. The molecule has 0 radical (unpaired) electrons. The van der Waals surface area contributed by atoms with Crippen molar-refractivity contribution in [3.05, 3.63) is 42.5 Å². The van der Waals surface area contributed by atoms with Crippen LogP contribution < -0.4 is 4.74 Å². The topological polar surface area (TPSA) is 80.3 Å². The van der Waals surface area contributed by atoms with E-state index >= 15 is 0 Å². The quantitative estimate of drug-likeness (QED) is 0.236. The van der Waals surface area contributed by atoms with Gasteiger partial charge in [-0.25, -0.2) is 4.79 Å². The van der Waals surface area contributed by atoms with Crippen LogP contribution in [0.15, 0.2) is 42.5 Å². The lowest BCUT2D eigenvalue weighted by atomic mass is 10.3. The van der Waals surface area contributed by atoms with Gasteiger partial charge in [-0.3, -0.25) is 4.79 Å². The molecule has 0 aliphatic rings. The fourth-order valence-electron chi connectivity index (χ4n) is 2.24. The molecule has 0 amide bonds. The first kappa shape index (κ1) is 24.7. The van der Waals surface area contributed by atoms with Gasteiger partial charge in [0.2, 0.25) is 0 Å². The number of carbonyl (C=O) groups excluding carboxylic acids is 2. The van der Waals surface area contributed by atoms with Crippen molar-refractivity contribution >= 4 is 11.9 Å². The minimum absolute atomic E-state index is 0.138. The summed E-state index contributed by atoms with van der Waals surface area (Å²) in [7, 11) is 1.66. The van der Waals surface area contributed by atoms with Gasteiger partial charge < -0.3 is 23.7 Å². The fourth-order valence-corrected chi connectivity index (χ4v) is 2.24. The van der Waals surface area contributed by atoms with Gasteiger partial charge >= 0.3 is 11.9 Å². The lowest BCUT2D eigenvalue weighted by Gasteiger charge is -2.19. The molecule has 1 aromatic carbocycles. The van der Waals surface area contributed by atoms with Gasteiger partial charge in [0.15, 0.2) is 6.10 Å². The summed E-state index contributed by atoms with van der Waals surface area (Å²) < 4.78 is 26.8. The number of carbonyl (C=O) groups is 2. The van der Waals surface area contributed by atoms with Gasteiger partial charge in [0.25, 0.3) is 0 Å². The molecule has 0 aromatic heterocycles. The molecule has 0 bridgehead atoms. The van der Waals surface area contributed by atoms with Crippen LogP contribution in [0.2, 0.25) is 0 Å². The summed E-state index contributed by atoms with van der Waals surface area (Å²) in [5.41, 5.74) is 0.327. The van der Waals surface area contributed by atoms with E-state index < -0.39 is 12.1 Å². The Morgan fingerprint density at radius 2 is 1.72 bits per heavy atom. The van der Waals surface area contributed by atoms with E-state index in [4.69, 9.17) is 23.7 Å². The van der Waals surface area contributed by atoms with Crippen molar-refractivity contribution in [1.29, 1.82) is 0 Å². The predicted octanol–water partition coefficient (Wildman–Crippen LogP) is 3.32. The van der Waals surface area contributed by atoms with E-state index in [1.165, 1.54) is 0 Å². The van der Waals surface area contributed by atoms with Gasteiger partial charge in [0.05, 0.1) is 13.2 Å². The molecule has 29 heavy (non-hydrogen) atoms. The van der Waals surface area contributed by atoms with Crippen molar-refractivity contribution in [2.24, 2.45) is 0 Å². The minimum Gasteiger partial charge on any atom is -0.490 e. The molecule has 0 saturated heterocycles. The highest BCUT2D eigenvalue weighted by atomic mass is 16.6. The number of ether oxygens (including phenoxy) is 5. The van der Waals surface area contributed by atoms with Gasteiger partial charge in [-0.05, 0) is 38.3 Å². The zero-order valence-electron chi connectivity index (χ0n) is 17.4. The predicted molar refractivity (Wildman–Crippen MR) is 109 cm³/mol. The molecule has 1 unspecified atom stereocenters. The average molecular weight is 408 g/mol. The van der Waals surface area contributed by atoms with Crippen molar-refractivity contribution in [3.63, 3.8) is 0 Å². The molecular weight excluding hydrogens is 376 g/mol. The number of benzene rings is 1. The molecule has 0 aliphatic carbocycles. The second-order valence-corrected chi connectivity index (χ2v) is 6.53. The molecule has 0 saturated carbocycles. The SMILES string of the molecule is C=C(C)C(=O)OCCCC(=O)OC(COCCCCOC)COc1ccccc1. The third kappa shape index (κ3) is 12.6. The lowest BCUT2D eigenvalue weighted by Crippen LogP contribution is -2.30. The number of unbranched alkanes of at least 4 members (excludes halogenated alkanes) is 1. The molecule has 1 atom stereocenters. The van der Waals surface area contributed by atoms with Crippen molar-refractivity contribution in [2.45, 2.75) is 38.7 Å². The Labute approximate surface area is 172 Å². The molecule has 0 fully saturated rings. The van der Waals surface area contributed by atoms with Crippen molar-refractivity contribution in [3.8, 4) is 5.75 Å². The van der Waals surface area contributed by atoms with Gasteiger partial charge in [0, 0.05) is 32.3 Å². The van der Waals surface area contributed by atoms with E-state index in [1.807, 2.05) is 30.3 Å². The largest absolute Gasteiger partial charge is 0.490 e. The normalized spacial score (nSPS) is 11.5. The summed E-state index contributed by atoms with van der Waals surface area (Å²) in [6, 6.07) is 9.30. The second-order valence-electron chi connectivity index (χ2n) is 6.53. The van der Waals surface area contributed by atoms with Crippen LogP contribution in [0.4, 0.5) is 0 Å². The Morgan fingerprint density at radius 3 is 2.41 bits per heavy atom. The maximum absolute atomic E-state index is 12.1. The van der Waals surface area contributed by atoms with E-state index in [2.05, 4.69) is 6.58 Å². The zero-order valence-corrected chi connectivity index (χ0v) is 17.4. The molecule has 0 spiro atoms. The summed E-state index contributed by atoms with van der Waals surface area (Å²) in [6.45, 7) is 6.90. The van der Waals surface area contributed by atoms with E-state index in [-0.39, 0.29) is 32.2 Å². The Bertz CT molecular complexity index is 600. The van der Waals surface area contributed by atoms with Crippen LogP contribution >= 0.6 is 0 Å². The number of hydrogen-bond donors (Lipinski definition) is 0. The Hall–Kier alpha value is -2.38. The lowest BCUT2D eigenvalue weighted by molar-refractivity contribution is -0.155. The second kappa shape index (κ2) is 15.5. The fraction of sp³-hybridized carbons (Fsp3) is 0.545. The Morgan fingerprint density at radius 1 is 1.00 bits per heavy atom. The molecule has 0 heterocycles. The number of rotatable bonds is 16. The first-order valence-electron chi connectivity index (χ1n) is 9.79. The number of hydrogen-bond acceptors (Lipinski definition) is 7. The molecule has 1 rings (SSSR count). The average Bonchev–Trinajstić information content (AvgIpc) is 2.72. The first-order valence-corrected chi connectivity index (χ1v) is 9.79. The summed E-state index contributed by atoms with van der Waals surface area (Å²) in [4.78, 5) is 23.4.